The van der Waals surface area contributed by atoms with Gasteiger partial charge in [-0.1, -0.05) is 18.5 Å². The molecule has 1 N–H and O–H groups in total. The molecule has 0 aliphatic heterocycles. The van der Waals surface area contributed by atoms with Gasteiger partial charge in [0, 0.05) is 11.4 Å². The molecule has 5 nitrogen and oxygen atoms in total. The Morgan fingerprint density at radius 2 is 1.85 bits per heavy atom. The second-order valence-electron chi connectivity index (χ2n) is 4.01. The van der Waals surface area contributed by atoms with Crippen molar-refractivity contribution in [2.45, 2.75) is 18.2 Å². The van der Waals surface area contributed by atoms with Crippen LogP contribution in [0.1, 0.15) is 23.2 Å². The van der Waals surface area contributed by atoms with Gasteiger partial charge in [0.05, 0.1) is 4.90 Å². The highest BCUT2D eigenvalue weighted by Crippen LogP contribution is 2.15. The van der Waals surface area contributed by atoms with E-state index in [2.05, 4.69) is 0 Å². The third-order valence-electron chi connectivity index (χ3n) is 2.58. The van der Waals surface area contributed by atoms with Crippen LogP contribution in [0, 0.1) is 0 Å². The van der Waals surface area contributed by atoms with Crippen molar-refractivity contribution in [2.75, 3.05) is 0 Å². The summed E-state index contributed by atoms with van der Waals surface area (Å²) >= 11 is 5.68. The first-order valence-corrected chi connectivity index (χ1v) is 7.70. The molecule has 1 aromatic carbocycles. The molecule has 2 rings (SSSR count). The largest absolute Gasteiger partial charge is 0.456 e. The summed E-state index contributed by atoms with van der Waals surface area (Å²) in [6.07, 6.45) is 0.622. The number of halogens is 1. The Morgan fingerprint density at radius 1 is 1.20 bits per heavy atom. The molecule has 106 valence electrons. The van der Waals surface area contributed by atoms with Crippen molar-refractivity contribution in [3.63, 3.8) is 0 Å². The minimum absolute atomic E-state index is 0.0422. The van der Waals surface area contributed by atoms with E-state index in [4.69, 9.17) is 16.0 Å². The van der Waals surface area contributed by atoms with E-state index < -0.39 is 15.9 Å². The quantitative estimate of drug-likeness (QED) is 0.941. The third kappa shape index (κ3) is 3.20. The summed E-state index contributed by atoms with van der Waals surface area (Å²) in [4.78, 5) is 11.8. The van der Waals surface area contributed by atoms with Gasteiger partial charge in [-0.15, -0.1) is 0 Å². The number of benzene rings is 1. The smallest absolute Gasteiger partial charge is 0.300 e. The summed E-state index contributed by atoms with van der Waals surface area (Å²) in [5, 5.41) is 0.411. The van der Waals surface area contributed by atoms with Gasteiger partial charge in [0.1, 0.15) is 5.76 Å². The Labute approximate surface area is 121 Å². The molecular weight excluding hydrogens is 302 g/mol. The van der Waals surface area contributed by atoms with Crippen LogP contribution in [0.2, 0.25) is 5.02 Å². The number of aryl methyl sites for hydroxylation is 1. The molecule has 1 aromatic heterocycles. The van der Waals surface area contributed by atoms with E-state index in [0.717, 1.165) is 0 Å². The van der Waals surface area contributed by atoms with Crippen LogP contribution in [-0.4, -0.2) is 14.3 Å². The molecule has 2 aromatic rings. The first kappa shape index (κ1) is 14.6. The zero-order valence-corrected chi connectivity index (χ0v) is 12.2. The minimum atomic E-state index is -3.94. The van der Waals surface area contributed by atoms with Gasteiger partial charge in [0.15, 0.2) is 5.76 Å². The van der Waals surface area contributed by atoms with Gasteiger partial charge in [-0.05, 0) is 36.4 Å². The Kier molecular flexibility index (Phi) is 4.15. The van der Waals surface area contributed by atoms with Crippen LogP contribution in [-0.2, 0) is 16.4 Å². The van der Waals surface area contributed by atoms with Crippen molar-refractivity contribution in [2.24, 2.45) is 0 Å². The Bertz CT molecular complexity index is 719. The van der Waals surface area contributed by atoms with E-state index in [-0.39, 0.29) is 10.7 Å². The zero-order chi connectivity index (χ0) is 14.8. The molecule has 0 aliphatic carbocycles. The summed E-state index contributed by atoms with van der Waals surface area (Å²) in [7, 11) is -3.94. The number of rotatable bonds is 4. The predicted octanol–water partition coefficient (Wildman–Crippen LogP) is 2.61. The summed E-state index contributed by atoms with van der Waals surface area (Å²) in [5.41, 5.74) is 0. The Hall–Kier alpha value is -1.79. The fourth-order valence-electron chi connectivity index (χ4n) is 1.53. The summed E-state index contributed by atoms with van der Waals surface area (Å²) in [5.74, 6) is -0.238. The maximum atomic E-state index is 12.0. The van der Waals surface area contributed by atoms with E-state index in [1.54, 1.807) is 6.07 Å². The number of carbonyl (C=O) groups is 1. The number of furan rings is 1. The molecule has 7 heteroatoms. The lowest BCUT2D eigenvalue weighted by atomic mass is 10.3. The second kappa shape index (κ2) is 5.68. The number of hydrogen-bond donors (Lipinski definition) is 1. The minimum Gasteiger partial charge on any atom is -0.456 e. The van der Waals surface area contributed by atoms with Crippen LogP contribution in [0.3, 0.4) is 0 Å². The lowest BCUT2D eigenvalue weighted by molar-refractivity contribution is 0.0953. The van der Waals surface area contributed by atoms with Crippen molar-refractivity contribution < 1.29 is 17.6 Å². The van der Waals surface area contributed by atoms with Gasteiger partial charge in [-0.2, -0.15) is 0 Å². The molecule has 0 radical (unpaired) electrons. The van der Waals surface area contributed by atoms with Gasteiger partial charge in [0.25, 0.3) is 10.0 Å². The number of nitrogens with one attached hydrogen (secondary N) is 1. The molecule has 0 saturated carbocycles. The average molecular weight is 314 g/mol. The van der Waals surface area contributed by atoms with Gasteiger partial charge in [-0.25, -0.2) is 13.1 Å². The zero-order valence-electron chi connectivity index (χ0n) is 10.6. The number of amides is 1. The molecule has 0 fully saturated rings. The van der Waals surface area contributed by atoms with Gasteiger partial charge in [-0.3, -0.25) is 4.79 Å². The highest BCUT2D eigenvalue weighted by atomic mass is 35.5. The van der Waals surface area contributed by atoms with E-state index in [1.165, 1.54) is 30.3 Å². The molecule has 0 saturated heterocycles. The van der Waals surface area contributed by atoms with Crippen molar-refractivity contribution in [1.82, 2.24) is 4.72 Å². The highest BCUT2D eigenvalue weighted by molar-refractivity contribution is 7.90. The molecule has 0 spiro atoms. The lowest BCUT2D eigenvalue weighted by Gasteiger charge is -2.05. The highest BCUT2D eigenvalue weighted by Gasteiger charge is 2.20. The van der Waals surface area contributed by atoms with Crippen LogP contribution in [0.25, 0.3) is 0 Å². The van der Waals surface area contributed by atoms with Gasteiger partial charge in [0.2, 0.25) is 0 Å². The topological polar surface area (TPSA) is 76.4 Å². The number of sulfonamides is 1. The molecule has 1 heterocycles. The molecular formula is C13H12ClNO4S. The monoisotopic (exact) mass is 313 g/mol. The fourth-order valence-corrected chi connectivity index (χ4v) is 2.62. The standard InChI is InChI=1S/C13H12ClNO4S/c1-2-10-5-8-12(19-10)13(16)15-20(17,18)11-6-3-9(14)4-7-11/h3-8H,2H2,1H3,(H,15,16). The van der Waals surface area contributed by atoms with Crippen molar-refractivity contribution in [3.8, 4) is 0 Å². The lowest BCUT2D eigenvalue weighted by Crippen LogP contribution is -2.30. The molecule has 0 unspecified atom stereocenters. The molecule has 0 atom stereocenters. The first-order chi connectivity index (χ1) is 9.42. The summed E-state index contributed by atoms with van der Waals surface area (Å²) in [6.45, 7) is 1.87. The fraction of sp³-hybridized carbons (Fsp3) is 0.154. The normalized spacial score (nSPS) is 11.3. The van der Waals surface area contributed by atoms with E-state index >= 15 is 0 Å². The van der Waals surface area contributed by atoms with Gasteiger partial charge >= 0.3 is 5.91 Å². The maximum Gasteiger partial charge on any atom is 0.300 e. The SMILES string of the molecule is CCc1ccc(C(=O)NS(=O)(=O)c2ccc(Cl)cc2)o1. The number of carbonyl (C=O) groups excluding carboxylic acids is 1. The second-order valence-corrected chi connectivity index (χ2v) is 6.13. The van der Waals surface area contributed by atoms with Crippen LogP contribution in [0.5, 0.6) is 0 Å². The average Bonchev–Trinajstić information content (AvgIpc) is 2.87. The van der Waals surface area contributed by atoms with Crippen LogP contribution >= 0.6 is 11.6 Å². The van der Waals surface area contributed by atoms with Crippen LogP contribution in [0.4, 0.5) is 0 Å². The predicted molar refractivity (Wildman–Crippen MR) is 74.2 cm³/mol. The molecule has 0 bridgehead atoms. The van der Waals surface area contributed by atoms with Crippen LogP contribution < -0.4 is 4.72 Å². The molecule has 20 heavy (non-hydrogen) atoms. The van der Waals surface area contributed by atoms with E-state index in [0.29, 0.717) is 17.2 Å². The first-order valence-electron chi connectivity index (χ1n) is 5.84. The van der Waals surface area contributed by atoms with E-state index in [1.807, 2.05) is 11.6 Å². The third-order valence-corrected chi connectivity index (χ3v) is 4.18. The van der Waals surface area contributed by atoms with E-state index in [9.17, 15) is 13.2 Å². The Balaban J connectivity index is 2.19. The Morgan fingerprint density at radius 3 is 2.40 bits per heavy atom. The summed E-state index contributed by atoms with van der Waals surface area (Å²) < 4.78 is 31.1. The van der Waals surface area contributed by atoms with Crippen molar-refractivity contribution in [1.29, 1.82) is 0 Å². The van der Waals surface area contributed by atoms with Crippen LogP contribution in [0.15, 0.2) is 45.7 Å². The van der Waals surface area contributed by atoms with Crippen molar-refractivity contribution >= 4 is 27.5 Å². The molecule has 1 amide bonds. The van der Waals surface area contributed by atoms with Gasteiger partial charge < -0.3 is 4.42 Å². The summed E-state index contributed by atoms with van der Waals surface area (Å²) in [6, 6.07) is 8.57. The molecule has 0 aliphatic rings. The maximum absolute atomic E-state index is 12.0. The van der Waals surface area contributed by atoms with Crippen molar-refractivity contribution in [3.05, 3.63) is 52.9 Å². The number of hydrogen-bond acceptors (Lipinski definition) is 4.